The minimum absolute atomic E-state index is 0.170. The minimum atomic E-state index is -0.482. The molecule has 4 nitrogen and oxygen atoms in total. The molecule has 1 N–H and O–H groups in total. The zero-order valence-corrected chi connectivity index (χ0v) is 19.1. The molecule has 1 aliphatic rings. The van der Waals surface area contributed by atoms with E-state index in [1.807, 2.05) is 0 Å². The second kappa shape index (κ2) is 9.46. The number of pyridine rings is 1. The summed E-state index contributed by atoms with van der Waals surface area (Å²) in [5.74, 6) is -0.646. The number of likely N-dealkylation sites (tertiary alicyclic amines) is 1. The van der Waals surface area contributed by atoms with Crippen LogP contribution in [0, 0.1) is 18.6 Å². The van der Waals surface area contributed by atoms with Crippen LogP contribution < -0.4 is 5.32 Å². The number of carbonyl (C=O) groups is 1. The Morgan fingerprint density at radius 1 is 1.16 bits per heavy atom. The Bertz CT molecular complexity index is 1150. The van der Waals surface area contributed by atoms with Gasteiger partial charge in [-0.3, -0.25) is 4.79 Å². The largest absolute Gasteiger partial charge is 0.352 e. The van der Waals surface area contributed by atoms with Crippen molar-refractivity contribution in [2.75, 3.05) is 18.4 Å². The van der Waals surface area contributed by atoms with Crippen LogP contribution in [0.2, 0.25) is 5.02 Å². The highest BCUT2D eigenvalue weighted by molar-refractivity contribution is 7.80. The van der Waals surface area contributed by atoms with E-state index >= 15 is 0 Å². The van der Waals surface area contributed by atoms with Crippen LogP contribution in [0.3, 0.4) is 0 Å². The summed E-state index contributed by atoms with van der Waals surface area (Å²) >= 11 is 10.4. The van der Waals surface area contributed by atoms with Crippen LogP contribution in [0.4, 0.5) is 20.2 Å². The molecule has 1 aliphatic heterocycles. The maximum atomic E-state index is 14.3. The normalized spacial score (nSPS) is 14.5. The van der Waals surface area contributed by atoms with Crippen LogP contribution in [0.5, 0.6) is 0 Å². The van der Waals surface area contributed by atoms with Crippen LogP contribution >= 0.6 is 24.2 Å². The highest BCUT2D eigenvalue weighted by Gasteiger charge is 2.27. The lowest BCUT2D eigenvalue weighted by Gasteiger charge is -2.33. The first-order valence-electron chi connectivity index (χ1n) is 10.3. The summed E-state index contributed by atoms with van der Waals surface area (Å²) in [7, 11) is 0. The third kappa shape index (κ3) is 4.74. The van der Waals surface area contributed by atoms with Crippen LogP contribution in [0.15, 0.2) is 53.7 Å². The number of aromatic nitrogens is 1. The van der Waals surface area contributed by atoms with Crippen molar-refractivity contribution in [3.05, 3.63) is 82.0 Å². The third-order valence-electron chi connectivity index (χ3n) is 5.84. The second-order valence-corrected chi connectivity index (χ2v) is 8.72. The topological polar surface area (TPSA) is 45.2 Å². The van der Waals surface area contributed by atoms with E-state index in [1.165, 1.54) is 36.5 Å². The van der Waals surface area contributed by atoms with Gasteiger partial charge in [0.2, 0.25) is 0 Å². The van der Waals surface area contributed by atoms with E-state index in [0.29, 0.717) is 40.0 Å². The number of carbonyl (C=O) groups excluding carboxylic acids is 1. The standard InChI is InChI=1S/C24H22ClF2N3OS/c1-14-22(29-21-12-17(25)4-7-20(21)27)19(13-28-23(14)32)24(31)30-10-8-16(9-11-30)15-2-5-18(26)6-3-15/h2-7,12-13,16H,8-11H2,1H3,(H2,28,29,32). The Labute approximate surface area is 196 Å². The summed E-state index contributed by atoms with van der Waals surface area (Å²) < 4.78 is 27.5. The van der Waals surface area contributed by atoms with Crippen LogP contribution in [-0.2, 0) is 0 Å². The van der Waals surface area contributed by atoms with Crippen molar-refractivity contribution >= 4 is 41.5 Å². The molecule has 3 aromatic rings. The quantitative estimate of drug-likeness (QED) is 0.432. The van der Waals surface area contributed by atoms with Gasteiger partial charge in [-0.15, -0.1) is 12.6 Å². The molecule has 1 aromatic heterocycles. The van der Waals surface area contributed by atoms with Gasteiger partial charge in [0.15, 0.2) is 0 Å². The molecule has 0 atom stereocenters. The smallest absolute Gasteiger partial charge is 0.257 e. The van der Waals surface area contributed by atoms with Crippen molar-refractivity contribution in [1.82, 2.24) is 9.88 Å². The molecular weight excluding hydrogens is 452 g/mol. The van der Waals surface area contributed by atoms with Gasteiger partial charge < -0.3 is 10.2 Å². The zero-order chi connectivity index (χ0) is 22.8. The number of hydrogen-bond acceptors (Lipinski definition) is 4. The highest BCUT2D eigenvalue weighted by Crippen LogP contribution is 2.33. The molecule has 32 heavy (non-hydrogen) atoms. The van der Waals surface area contributed by atoms with Crippen molar-refractivity contribution in [3.8, 4) is 0 Å². The van der Waals surface area contributed by atoms with Gasteiger partial charge in [0, 0.05) is 29.9 Å². The van der Waals surface area contributed by atoms with Crippen molar-refractivity contribution in [2.45, 2.75) is 30.7 Å². The molecule has 8 heteroatoms. The van der Waals surface area contributed by atoms with Crippen molar-refractivity contribution in [3.63, 3.8) is 0 Å². The fourth-order valence-electron chi connectivity index (χ4n) is 3.97. The Morgan fingerprint density at radius 3 is 2.53 bits per heavy atom. The first-order valence-corrected chi connectivity index (χ1v) is 11.1. The maximum absolute atomic E-state index is 14.3. The Kier molecular flexibility index (Phi) is 6.67. The van der Waals surface area contributed by atoms with Gasteiger partial charge in [0.25, 0.3) is 5.91 Å². The van der Waals surface area contributed by atoms with E-state index in [2.05, 4.69) is 22.9 Å². The number of nitrogens with zero attached hydrogens (tertiary/aromatic N) is 2. The first-order chi connectivity index (χ1) is 15.3. The molecule has 0 bridgehead atoms. The molecule has 0 spiro atoms. The van der Waals surface area contributed by atoms with Gasteiger partial charge in [-0.1, -0.05) is 23.7 Å². The van der Waals surface area contributed by atoms with Crippen molar-refractivity contribution in [1.29, 1.82) is 0 Å². The number of nitrogens with one attached hydrogen (secondary N) is 1. The summed E-state index contributed by atoms with van der Waals surface area (Å²) in [5.41, 5.74) is 2.69. The molecule has 1 saturated heterocycles. The molecule has 1 fully saturated rings. The second-order valence-electron chi connectivity index (χ2n) is 7.86. The third-order valence-corrected chi connectivity index (χ3v) is 6.52. The monoisotopic (exact) mass is 473 g/mol. The Balaban J connectivity index is 1.56. The number of rotatable bonds is 4. The summed E-state index contributed by atoms with van der Waals surface area (Å²) in [6, 6.07) is 10.7. The predicted molar refractivity (Wildman–Crippen MR) is 125 cm³/mol. The summed E-state index contributed by atoms with van der Waals surface area (Å²) in [4.78, 5) is 19.4. The van der Waals surface area contributed by atoms with Gasteiger partial charge in [-0.2, -0.15) is 0 Å². The number of benzene rings is 2. The molecule has 2 aromatic carbocycles. The average Bonchev–Trinajstić information content (AvgIpc) is 2.79. The van der Waals surface area contributed by atoms with Crippen LogP contribution in [0.1, 0.15) is 40.2 Å². The van der Waals surface area contributed by atoms with E-state index in [4.69, 9.17) is 11.6 Å². The van der Waals surface area contributed by atoms with Gasteiger partial charge in [0.05, 0.1) is 22.0 Å². The summed E-state index contributed by atoms with van der Waals surface area (Å²) in [5, 5.41) is 3.84. The number of piperidine rings is 1. The number of hydrogen-bond donors (Lipinski definition) is 2. The summed E-state index contributed by atoms with van der Waals surface area (Å²) in [6.07, 6.45) is 3.02. The molecule has 0 unspecified atom stereocenters. The van der Waals surface area contributed by atoms with E-state index in [-0.39, 0.29) is 23.3 Å². The number of amides is 1. The predicted octanol–water partition coefficient (Wildman–Crippen LogP) is 6.37. The highest BCUT2D eigenvalue weighted by atomic mass is 35.5. The molecule has 1 amide bonds. The van der Waals surface area contributed by atoms with E-state index < -0.39 is 5.82 Å². The maximum Gasteiger partial charge on any atom is 0.257 e. The van der Waals surface area contributed by atoms with Gasteiger partial charge in [-0.05, 0) is 61.6 Å². The number of thiol groups is 1. The molecule has 0 radical (unpaired) electrons. The SMILES string of the molecule is Cc1c(S)ncc(C(=O)N2CCC(c3ccc(F)cc3)CC2)c1Nc1cc(Cl)ccc1F. The molecule has 4 rings (SSSR count). The van der Waals surface area contributed by atoms with Crippen molar-refractivity contribution in [2.24, 2.45) is 0 Å². The van der Waals surface area contributed by atoms with Gasteiger partial charge >= 0.3 is 0 Å². The number of halogens is 3. The Hall–Kier alpha value is -2.64. The van der Waals surface area contributed by atoms with Crippen molar-refractivity contribution < 1.29 is 13.6 Å². The molecular formula is C24H22ClF2N3OS. The fourth-order valence-corrected chi connectivity index (χ4v) is 4.31. The lowest BCUT2D eigenvalue weighted by molar-refractivity contribution is 0.0713. The van der Waals surface area contributed by atoms with E-state index in [0.717, 1.165) is 18.4 Å². The van der Waals surface area contributed by atoms with Gasteiger partial charge in [0.1, 0.15) is 11.6 Å². The minimum Gasteiger partial charge on any atom is -0.352 e. The zero-order valence-electron chi connectivity index (χ0n) is 17.4. The van der Waals surface area contributed by atoms with E-state index in [9.17, 15) is 13.6 Å². The molecule has 0 aliphatic carbocycles. The molecule has 0 saturated carbocycles. The summed E-state index contributed by atoms with van der Waals surface area (Å²) in [6.45, 7) is 2.90. The van der Waals surface area contributed by atoms with Crippen LogP contribution in [-0.4, -0.2) is 28.9 Å². The average molecular weight is 474 g/mol. The lowest BCUT2D eigenvalue weighted by Crippen LogP contribution is -2.38. The van der Waals surface area contributed by atoms with E-state index in [1.54, 1.807) is 24.0 Å². The van der Waals surface area contributed by atoms with Gasteiger partial charge in [-0.25, -0.2) is 13.8 Å². The number of anilines is 2. The lowest BCUT2D eigenvalue weighted by atomic mass is 9.89. The Morgan fingerprint density at radius 2 is 1.84 bits per heavy atom. The first kappa shape index (κ1) is 22.6. The fraction of sp³-hybridized carbons (Fsp3) is 0.250. The molecule has 2 heterocycles. The molecule has 166 valence electrons. The van der Waals surface area contributed by atoms with Crippen LogP contribution in [0.25, 0.3) is 0 Å².